The van der Waals surface area contributed by atoms with Crippen molar-refractivity contribution in [2.24, 2.45) is 5.41 Å². The molecule has 0 bridgehead atoms. The second kappa shape index (κ2) is 8.98. The molecule has 0 aliphatic heterocycles. The first-order valence-electron chi connectivity index (χ1n) is 8.73. The van der Waals surface area contributed by atoms with Crippen LogP contribution >= 0.6 is 0 Å². The van der Waals surface area contributed by atoms with Gasteiger partial charge in [0.05, 0.1) is 5.41 Å². The molecule has 6 nitrogen and oxygen atoms in total. The van der Waals surface area contributed by atoms with Gasteiger partial charge < -0.3 is 15.7 Å². The van der Waals surface area contributed by atoms with Gasteiger partial charge >= 0.3 is 5.97 Å². The lowest BCUT2D eigenvalue weighted by atomic mass is 9.89. The number of carbonyl (C=O) groups is 3. The number of aliphatic carboxylic acids is 1. The average molecular weight is 368 g/mol. The molecule has 0 radical (unpaired) electrons. The number of benzene rings is 2. The molecule has 6 heteroatoms. The number of carboxylic acid groups (broad SMARTS) is 1. The normalized spacial score (nSPS) is 10.9. The van der Waals surface area contributed by atoms with Crippen molar-refractivity contribution in [3.05, 3.63) is 65.7 Å². The van der Waals surface area contributed by atoms with Crippen LogP contribution in [0.2, 0.25) is 0 Å². The Kier molecular flexibility index (Phi) is 6.71. The smallest absolute Gasteiger partial charge is 0.309 e. The van der Waals surface area contributed by atoms with Crippen molar-refractivity contribution in [1.82, 2.24) is 5.32 Å². The molecule has 0 aliphatic carbocycles. The fourth-order valence-corrected chi connectivity index (χ4v) is 2.45. The molecule has 0 saturated heterocycles. The summed E-state index contributed by atoms with van der Waals surface area (Å²) in [5, 5.41) is 14.6. The van der Waals surface area contributed by atoms with Gasteiger partial charge in [0, 0.05) is 24.2 Å². The standard InChI is InChI=1S/C21H24N2O4/c1-21(2,20(26)27)14-18(24)23-17-10-8-16(9-11-17)19(25)22-13-12-15-6-4-3-5-7-15/h3-11H,12-14H2,1-2H3,(H,22,25)(H,23,24)(H,26,27). The summed E-state index contributed by atoms with van der Waals surface area (Å²) in [6.45, 7) is 3.53. The van der Waals surface area contributed by atoms with Crippen molar-refractivity contribution in [3.63, 3.8) is 0 Å². The zero-order valence-electron chi connectivity index (χ0n) is 15.5. The Morgan fingerprint density at radius 2 is 1.59 bits per heavy atom. The fourth-order valence-electron chi connectivity index (χ4n) is 2.45. The zero-order chi connectivity index (χ0) is 19.9. The van der Waals surface area contributed by atoms with Crippen LogP contribution in [0, 0.1) is 5.41 Å². The Hall–Kier alpha value is -3.15. The summed E-state index contributed by atoms with van der Waals surface area (Å²) in [5.41, 5.74) is 1.02. The minimum absolute atomic E-state index is 0.135. The molecule has 142 valence electrons. The van der Waals surface area contributed by atoms with E-state index in [4.69, 9.17) is 5.11 Å². The van der Waals surface area contributed by atoms with Gasteiger partial charge in [-0.25, -0.2) is 0 Å². The van der Waals surface area contributed by atoms with Crippen molar-refractivity contribution in [2.45, 2.75) is 26.7 Å². The Labute approximate surface area is 158 Å². The molecule has 0 heterocycles. The van der Waals surface area contributed by atoms with Crippen molar-refractivity contribution in [2.75, 3.05) is 11.9 Å². The number of anilines is 1. The average Bonchev–Trinajstić information content (AvgIpc) is 2.62. The lowest BCUT2D eigenvalue weighted by molar-refractivity contribution is -0.148. The highest BCUT2D eigenvalue weighted by Gasteiger charge is 2.30. The minimum atomic E-state index is -1.14. The van der Waals surface area contributed by atoms with E-state index in [1.807, 2.05) is 30.3 Å². The maximum Gasteiger partial charge on any atom is 0.309 e. The van der Waals surface area contributed by atoms with Gasteiger partial charge in [-0.3, -0.25) is 14.4 Å². The van der Waals surface area contributed by atoms with Crippen LogP contribution < -0.4 is 10.6 Å². The van der Waals surface area contributed by atoms with Gasteiger partial charge in [-0.2, -0.15) is 0 Å². The summed E-state index contributed by atoms with van der Waals surface area (Å²) in [6.07, 6.45) is 0.615. The van der Waals surface area contributed by atoms with E-state index in [-0.39, 0.29) is 18.2 Å². The van der Waals surface area contributed by atoms with Gasteiger partial charge in [0.25, 0.3) is 5.91 Å². The Bertz CT molecular complexity index is 799. The molecule has 0 saturated carbocycles. The van der Waals surface area contributed by atoms with Gasteiger partial charge in [0.15, 0.2) is 0 Å². The van der Waals surface area contributed by atoms with Crippen LogP contribution in [0.15, 0.2) is 54.6 Å². The van der Waals surface area contributed by atoms with Gasteiger partial charge in [0.2, 0.25) is 5.91 Å². The SMILES string of the molecule is CC(C)(CC(=O)Nc1ccc(C(=O)NCCc2ccccc2)cc1)C(=O)O. The molecular weight excluding hydrogens is 344 g/mol. The Morgan fingerprint density at radius 3 is 2.19 bits per heavy atom. The number of carboxylic acids is 1. The summed E-state index contributed by atoms with van der Waals surface area (Å²) in [7, 11) is 0. The fraction of sp³-hybridized carbons (Fsp3) is 0.286. The van der Waals surface area contributed by atoms with Gasteiger partial charge in [-0.15, -0.1) is 0 Å². The second-order valence-corrected chi connectivity index (χ2v) is 6.98. The lowest BCUT2D eigenvalue weighted by Crippen LogP contribution is -2.29. The van der Waals surface area contributed by atoms with Crippen LogP contribution in [-0.2, 0) is 16.0 Å². The van der Waals surface area contributed by atoms with E-state index in [9.17, 15) is 14.4 Å². The summed E-state index contributed by atoms with van der Waals surface area (Å²) >= 11 is 0. The van der Waals surface area contributed by atoms with Crippen LogP contribution in [0.3, 0.4) is 0 Å². The summed E-state index contributed by atoms with van der Waals surface area (Å²) < 4.78 is 0. The Balaban J connectivity index is 1.84. The van der Waals surface area contributed by atoms with Crippen LogP contribution in [0.25, 0.3) is 0 Å². The number of carbonyl (C=O) groups excluding carboxylic acids is 2. The number of amides is 2. The van der Waals surface area contributed by atoms with Gasteiger partial charge in [-0.05, 0) is 50.1 Å². The largest absolute Gasteiger partial charge is 0.481 e. The van der Waals surface area contributed by atoms with Crippen LogP contribution in [0.1, 0.15) is 36.2 Å². The highest BCUT2D eigenvalue weighted by atomic mass is 16.4. The Morgan fingerprint density at radius 1 is 0.963 bits per heavy atom. The first kappa shape index (κ1) is 20.2. The highest BCUT2D eigenvalue weighted by molar-refractivity contribution is 5.96. The van der Waals surface area contributed by atoms with E-state index in [1.54, 1.807) is 24.3 Å². The molecule has 0 aliphatic rings. The maximum atomic E-state index is 12.2. The van der Waals surface area contributed by atoms with E-state index in [0.29, 0.717) is 17.8 Å². The molecule has 2 aromatic carbocycles. The van der Waals surface area contributed by atoms with E-state index in [1.165, 1.54) is 13.8 Å². The summed E-state index contributed by atoms with van der Waals surface area (Å²) in [4.78, 5) is 35.2. The van der Waals surface area contributed by atoms with Crippen molar-refractivity contribution >= 4 is 23.5 Å². The minimum Gasteiger partial charge on any atom is -0.481 e. The van der Waals surface area contributed by atoms with Crippen molar-refractivity contribution in [3.8, 4) is 0 Å². The van der Waals surface area contributed by atoms with E-state index in [2.05, 4.69) is 10.6 Å². The van der Waals surface area contributed by atoms with Crippen LogP contribution in [0.4, 0.5) is 5.69 Å². The first-order valence-corrected chi connectivity index (χ1v) is 8.73. The molecule has 2 aromatic rings. The molecule has 2 rings (SSSR count). The molecule has 0 atom stereocenters. The topological polar surface area (TPSA) is 95.5 Å². The number of hydrogen-bond donors (Lipinski definition) is 3. The number of hydrogen-bond acceptors (Lipinski definition) is 3. The molecule has 27 heavy (non-hydrogen) atoms. The molecule has 3 N–H and O–H groups in total. The monoisotopic (exact) mass is 368 g/mol. The molecular formula is C21H24N2O4. The van der Waals surface area contributed by atoms with E-state index >= 15 is 0 Å². The van der Waals surface area contributed by atoms with Crippen molar-refractivity contribution in [1.29, 1.82) is 0 Å². The number of rotatable bonds is 8. The molecule has 2 amide bonds. The highest BCUT2D eigenvalue weighted by Crippen LogP contribution is 2.21. The van der Waals surface area contributed by atoms with Gasteiger partial charge in [0.1, 0.15) is 0 Å². The van der Waals surface area contributed by atoms with Crippen molar-refractivity contribution < 1.29 is 19.5 Å². The maximum absolute atomic E-state index is 12.2. The lowest BCUT2D eigenvalue weighted by Gasteiger charge is -2.18. The van der Waals surface area contributed by atoms with E-state index < -0.39 is 11.4 Å². The molecule has 0 fully saturated rings. The summed E-state index contributed by atoms with van der Waals surface area (Å²) in [5.74, 6) is -1.60. The molecule has 0 aromatic heterocycles. The van der Waals surface area contributed by atoms with Crippen LogP contribution in [-0.4, -0.2) is 29.4 Å². The third-order valence-electron chi connectivity index (χ3n) is 4.15. The summed E-state index contributed by atoms with van der Waals surface area (Å²) in [6, 6.07) is 16.4. The third-order valence-corrected chi connectivity index (χ3v) is 4.15. The van der Waals surface area contributed by atoms with Gasteiger partial charge in [-0.1, -0.05) is 30.3 Å². The molecule has 0 unspecified atom stereocenters. The first-order chi connectivity index (χ1) is 12.8. The second-order valence-electron chi connectivity index (χ2n) is 6.98. The predicted molar refractivity (Wildman–Crippen MR) is 104 cm³/mol. The van der Waals surface area contributed by atoms with E-state index in [0.717, 1.165) is 12.0 Å². The zero-order valence-corrected chi connectivity index (χ0v) is 15.5. The number of nitrogens with one attached hydrogen (secondary N) is 2. The third kappa shape index (κ3) is 6.26. The quantitative estimate of drug-likeness (QED) is 0.667. The van der Waals surface area contributed by atoms with Crippen LogP contribution in [0.5, 0.6) is 0 Å². The predicted octanol–water partition coefficient (Wildman–Crippen LogP) is 3.10. The molecule has 0 spiro atoms.